The van der Waals surface area contributed by atoms with Crippen molar-refractivity contribution in [1.29, 1.82) is 0 Å². The van der Waals surface area contributed by atoms with Gasteiger partial charge in [-0.3, -0.25) is 4.79 Å². The topological polar surface area (TPSA) is 92.9 Å². The second-order valence-electron chi connectivity index (χ2n) is 4.22. The Bertz CT molecular complexity index is 407. The highest BCUT2D eigenvalue weighted by molar-refractivity contribution is 7.99. The monoisotopic (exact) mass is 271 g/mol. The average Bonchev–Trinajstić information content (AvgIpc) is 3.08. The van der Waals surface area contributed by atoms with Gasteiger partial charge in [0.15, 0.2) is 0 Å². The van der Waals surface area contributed by atoms with Crippen LogP contribution >= 0.6 is 11.8 Å². The molecule has 1 aliphatic carbocycles. The number of rotatable bonds is 8. The first kappa shape index (κ1) is 13.3. The minimum absolute atomic E-state index is 0.450. The van der Waals surface area contributed by atoms with Crippen LogP contribution in [0.1, 0.15) is 32.2 Å². The van der Waals surface area contributed by atoms with E-state index in [0.717, 1.165) is 18.0 Å². The standard InChI is InChI=1S/C10H17N5O2S/c1-2-11-8(9(16)17)5-6-18-10-12-13-14-15(10)7-3-4-7/h7-8,11H,2-6H2,1H3,(H,16,17). The third-order valence-electron chi connectivity index (χ3n) is 2.74. The van der Waals surface area contributed by atoms with Crippen LogP contribution < -0.4 is 5.32 Å². The number of carboxylic acids is 1. The summed E-state index contributed by atoms with van der Waals surface area (Å²) >= 11 is 1.52. The Hall–Kier alpha value is -1.15. The number of hydrogen-bond donors (Lipinski definition) is 2. The molecule has 0 bridgehead atoms. The Morgan fingerprint density at radius 3 is 3.06 bits per heavy atom. The van der Waals surface area contributed by atoms with Gasteiger partial charge in [0, 0.05) is 5.75 Å². The van der Waals surface area contributed by atoms with E-state index in [1.165, 1.54) is 11.8 Å². The molecule has 18 heavy (non-hydrogen) atoms. The third-order valence-corrected chi connectivity index (χ3v) is 3.71. The Labute approximate surface area is 109 Å². The van der Waals surface area contributed by atoms with Crippen LogP contribution in [0.4, 0.5) is 0 Å². The van der Waals surface area contributed by atoms with E-state index >= 15 is 0 Å². The minimum atomic E-state index is -0.806. The van der Waals surface area contributed by atoms with E-state index in [0.29, 0.717) is 24.8 Å². The first-order chi connectivity index (χ1) is 8.72. The van der Waals surface area contributed by atoms with Crippen molar-refractivity contribution < 1.29 is 9.90 Å². The molecular weight excluding hydrogens is 254 g/mol. The molecule has 0 spiro atoms. The molecule has 100 valence electrons. The molecule has 1 aromatic rings. The maximum Gasteiger partial charge on any atom is 0.320 e. The van der Waals surface area contributed by atoms with E-state index in [2.05, 4.69) is 20.8 Å². The number of aliphatic carboxylic acids is 1. The Morgan fingerprint density at radius 2 is 2.44 bits per heavy atom. The van der Waals surface area contributed by atoms with Gasteiger partial charge in [0.25, 0.3) is 0 Å². The van der Waals surface area contributed by atoms with Crippen LogP contribution in [-0.2, 0) is 4.79 Å². The SMILES string of the molecule is CCNC(CCSc1nnnn1C1CC1)C(=O)O. The first-order valence-electron chi connectivity index (χ1n) is 6.09. The fraction of sp³-hybridized carbons (Fsp3) is 0.800. The summed E-state index contributed by atoms with van der Waals surface area (Å²) in [6.45, 7) is 2.55. The number of likely N-dealkylation sites (N-methyl/N-ethyl adjacent to an activating group) is 1. The average molecular weight is 271 g/mol. The molecule has 7 nitrogen and oxygen atoms in total. The van der Waals surface area contributed by atoms with Gasteiger partial charge in [-0.05, 0) is 36.2 Å². The predicted octanol–water partition coefficient (Wildman–Crippen LogP) is 0.553. The number of nitrogens with zero attached hydrogens (tertiary/aromatic N) is 4. The zero-order chi connectivity index (χ0) is 13.0. The summed E-state index contributed by atoms with van der Waals surface area (Å²) < 4.78 is 1.84. The summed E-state index contributed by atoms with van der Waals surface area (Å²) in [5.74, 6) is -0.115. The first-order valence-corrected chi connectivity index (χ1v) is 7.07. The van der Waals surface area contributed by atoms with Gasteiger partial charge in [-0.15, -0.1) is 5.10 Å². The van der Waals surface area contributed by atoms with Crippen LogP contribution in [0.5, 0.6) is 0 Å². The van der Waals surface area contributed by atoms with Gasteiger partial charge in [0.2, 0.25) is 5.16 Å². The fourth-order valence-corrected chi connectivity index (χ4v) is 2.60. The summed E-state index contributed by atoms with van der Waals surface area (Å²) in [6.07, 6.45) is 2.83. The van der Waals surface area contributed by atoms with E-state index in [1.807, 2.05) is 11.6 Å². The van der Waals surface area contributed by atoms with Crippen molar-refractivity contribution in [2.24, 2.45) is 0 Å². The molecule has 0 aromatic carbocycles. The van der Waals surface area contributed by atoms with Crippen molar-refractivity contribution in [3.63, 3.8) is 0 Å². The summed E-state index contributed by atoms with van der Waals surface area (Å²) in [5.41, 5.74) is 0. The van der Waals surface area contributed by atoms with E-state index in [-0.39, 0.29) is 0 Å². The molecule has 0 aliphatic heterocycles. The molecule has 1 aliphatic rings. The van der Waals surface area contributed by atoms with E-state index < -0.39 is 12.0 Å². The maximum atomic E-state index is 10.9. The molecule has 1 saturated carbocycles. The molecule has 1 heterocycles. The van der Waals surface area contributed by atoms with Gasteiger partial charge in [0.1, 0.15) is 6.04 Å². The Kier molecular flexibility index (Phi) is 4.54. The molecule has 0 amide bonds. The quantitative estimate of drug-likeness (QED) is 0.667. The van der Waals surface area contributed by atoms with Crippen LogP contribution in [0.2, 0.25) is 0 Å². The molecule has 0 radical (unpaired) electrons. The predicted molar refractivity (Wildman–Crippen MR) is 66.5 cm³/mol. The molecule has 0 saturated heterocycles. The van der Waals surface area contributed by atoms with Crippen molar-refractivity contribution in [2.75, 3.05) is 12.3 Å². The second-order valence-corrected chi connectivity index (χ2v) is 5.28. The van der Waals surface area contributed by atoms with Crippen LogP contribution in [0, 0.1) is 0 Å². The van der Waals surface area contributed by atoms with E-state index in [4.69, 9.17) is 5.11 Å². The van der Waals surface area contributed by atoms with Crippen LogP contribution in [-0.4, -0.2) is 49.6 Å². The minimum Gasteiger partial charge on any atom is -0.480 e. The van der Waals surface area contributed by atoms with Crippen LogP contribution in [0.15, 0.2) is 5.16 Å². The van der Waals surface area contributed by atoms with Crippen molar-refractivity contribution >= 4 is 17.7 Å². The highest BCUT2D eigenvalue weighted by Crippen LogP contribution is 2.36. The molecule has 1 aromatic heterocycles. The summed E-state index contributed by atoms with van der Waals surface area (Å²) in [5, 5.41) is 24.3. The van der Waals surface area contributed by atoms with Gasteiger partial charge in [-0.2, -0.15) is 0 Å². The number of tetrazole rings is 1. The van der Waals surface area contributed by atoms with E-state index in [1.54, 1.807) is 0 Å². The number of thioether (sulfide) groups is 1. The van der Waals surface area contributed by atoms with Crippen molar-refractivity contribution in [2.45, 2.75) is 43.4 Å². The van der Waals surface area contributed by atoms with Crippen molar-refractivity contribution in [3.05, 3.63) is 0 Å². The number of carboxylic acid groups (broad SMARTS) is 1. The van der Waals surface area contributed by atoms with Gasteiger partial charge >= 0.3 is 5.97 Å². The summed E-state index contributed by atoms with van der Waals surface area (Å²) in [4.78, 5) is 10.9. The molecular formula is C10H17N5O2S. The smallest absolute Gasteiger partial charge is 0.320 e. The van der Waals surface area contributed by atoms with Gasteiger partial charge in [-0.1, -0.05) is 18.7 Å². The fourth-order valence-electron chi connectivity index (χ4n) is 1.66. The molecule has 2 N–H and O–H groups in total. The van der Waals surface area contributed by atoms with Gasteiger partial charge in [-0.25, -0.2) is 4.68 Å². The molecule has 1 atom stereocenters. The number of carbonyl (C=O) groups is 1. The second kappa shape index (κ2) is 6.14. The molecule has 8 heteroatoms. The largest absolute Gasteiger partial charge is 0.480 e. The highest BCUT2D eigenvalue weighted by Gasteiger charge is 2.28. The zero-order valence-corrected chi connectivity index (χ0v) is 11.1. The number of aromatic nitrogens is 4. The third kappa shape index (κ3) is 3.42. The van der Waals surface area contributed by atoms with Crippen LogP contribution in [0.25, 0.3) is 0 Å². The number of nitrogens with one attached hydrogen (secondary N) is 1. The summed E-state index contributed by atoms with van der Waals surface area (Å²) in [6, 6.07) is -0.0423. The highest BCUT2D eigenvalue weighted by atomic mass is 32.2. The van der Waals surface area contributed by atoms with E-state index in [9.17, 15) is 4.79 Å². The summed E-state index contributed by atoms with van der Waals surface area (Å²) in [7, 11) is 0. The lowest BCUT2D eigenvalue weighted by atomic mass is 10.2. The van der Waals surface area contributed by atoms with Crippen molar-refractivity contribution in [3.8, 4) is 0 Å². The molecule has 1 fully saturated rings. The normalized spacial score (nSPS) is 16.7. The van der Waals surface area contributed by atoms with Crippen molar-refractivity contribution in [1.82, 2.24) is 25.5 Å². The zero-order valence-electron chi connectivity index (χ0n) is 10.2. The van der Waals surface area contributed by atoms with Crippen LogP contribution in [0.3, 0.4) is 0 Å². The number of hydrogen-bond acceptors (Lipinski definition) is 6. The van der Waals surface area contributed by atoms with Gasteiger partial charge in [0.05, 0.1) is 6.04 Å². The maximum absolute atomic E-state index is 10.9. The van der Waals surface area contributed by atoms with Gasteiger partial charge < -0.3 is 10.4 Å². The Morgan fingerprint density at radius 1 is 1.67 bits per heavy atom. The Balaban J connectivity index is 1.80. The lowest BCUT2D eigenvalue weighted by molar-refractivity contribution is -0.139. The molecule has 2 rings (SSSR count). The lowest BCUT2D eigenvalue weighted by Crippen LogP contribution is -2.36. The lowest BCUT2D eigenvalue weighted by Gasteiger charge is -2.12. The molecule has 1 unspecified atom stereocenters.